The van der Waals surface area contributed by atoms with E-state index < -0.39 is 39.2 Å². The van der Waals surface area contributed by atoms with Crippen LogP contribution in [0.1, 0.15) is 43.1 Å². The third-order valence-corrected chi connectivity index (χ3v) is 5.88. The molecule has 0 fully saturated rings. The Morgan fingerprint density at radius 3 is 2.40 bits per heavy atom. The smallest absolute Gasteiger partial charge is 0.443 e. The number of thiazole rings is 1. The number of hydrogen-bond acceptors (Lipinski definition) is 4. The van der Waals surface area contributed by atoms with E-state index >= 15 is 0 Å². The van der Waals surface area contributed by atoms with Gasteiger partial charge < -0.3 is 4.55 Å². The Labute approximate surface area is 154 Å². The van der Waals surface area contributed by atoms with Crippen LogP contribution in [0.15, 0.2) is 23.6 Å². The molecule has 0 spiro atoms. The summed E-state index contributed by atoms with van der Waals surface area (Å²) in [5.74, 6) is -0.657. The van der Waals surface area contributed by atoms with E-state index in [2.05, 4.69) is 9.71 Å². The van der Waals surface area contributed by atoms with Crippen LogP contribution in [0.2, 0.25) is 5.02 Å². The Kier molecular flexibility index (Phi) is 6.05. The second kappa shape index (κ2) is 7.40. The Balaban J connectivity index is 2.45. The van der Waals surface area contributed by atoms with Crippen molar-refractivity contribution in [3.63, 3.8) is 0 Å². The second-order valence-corrected chi connectivity index (χ2v) is 9.44. The first-order chi connectivity index (χ1) is 11.4. The third kappa shape index (κ3) is 5.07. The van der Waals surface area contributed by atoms with Gasteiger partial charge in [0.1, 0.15) is 16.6 Å². The standard InChI is InChI=1S/C15H15ClF4N2OS2/c1-14(2,3)25(23)22-12(8-4-5-10(17)9(16)6-8)11-7-24-13(21-11)15(18,19)20/h4-7,12,22H,1-3H3/t12-,25-/m0/s1. The molecule has 2 rings (SSSR count). The number of rotatable bonds is 4. The highest BCUT2D eigenvalue weighted by atomic mass is 35.5. The SMILES string of the molecule is CC(C)(C)[S@+]([O-])N[C@@H](c1ccc(F)c(Cl)c1)c1csc(C(F)(F)F)n1. The molecule has 0 bridgehead atoms. The number of nitrogens with one attached hydrogen (secondary N) is 1. The summed E-state index contributed by atoms with van der Waals surface area (Å²) in [6.07, 6.45) is -4.57. The van der Waals surface area contributed by atoms with Crippen LogP contribution >= 0.6 is 22.9 Å². The highest BCUT2D eigenvalue weighted by Gasteiger charge is 2.37. The molecule has 0 radical (unpaired) electrons. The molecule has 10 heteroatoms. The molecule has 1 heterocycles. The molecule has 1 aromatic heterocycles. The monoisotopic (exact) mass is 414 g/mol. The molecular weight excluding hydrogens is 400 g/mol. The van der Waals surface area contributed by atoms with Crippen LogP contribution in [0.3, 0.4) is 0 Å². The number of nitrogens with zero attached hydrogens (tertiary/aromatic N) is 1. The van der Waals surface area contributed by atoms with Crippen molar-refractivity contribution in [2.45, 2.75) is 37.7 Å². The molecule has 138 valence electrons. The van der Waals surface area contributed by atoms with E-state index in [-0.39, 0.29) is 10.7 Å². The van der Waals surface area contributed by atoms with Crippen molar-refractivity contribution in [3.8, 4) is 0 Å². The van der Waals surface area contributed by atoms with Crippen molar-refractivity contribution in [1.82, 2.24) is 9.71 Å². The minimum atomic E-state index is -4.57. The van der Waals surface area contributed by atoms with Gasteiger partial charge in [0, 0.05) is 16.7 Å². The van der Waals surface area contributed by atoms with E-state index in [1.165, 1.54) is 17.5 Å². The van der Waals surface area contributed by atoms with Crippen molar-refractivity contribution in [3.05, 3.63) is 50.7 Å². The number of benzene rings is 1. The van der Waals surface area contributed by atoms with Crippen molar-refractivity contribution in [1.29, 1.82) is 0 Å². The maximum Gasteiger partial charge on any atom is 0.443 e. The van der Waals surface area contributed by atoms with E-state index in [1.807, 2.05) is 0 Å². The predicted molar refractivity (Wildman–Crippen MR) is 91.4 cm³/mol. The lowest BCUT2D eigenvalue weighted by molar-refractivity contribution is -0.137. The first-order valence-electron chi connectivity index (χ1n) is 7.05. The van der Waals surface area contributed by atoms with Crippen LogP contribution in [0, 0.1) is 5.82 Å². The van der Waals surface area contributed by atoms with E-state index in [1.54, 1.807) is 20.8 Å². The minimum absolute atomic E-state index is 0.0394. The van der Waals surface area contributed by atoms with Crippen molar-refractivity contribution in [2.24, 2.45) is 0 Å². The van der Waals surface area contributed by atoms with Gasteiger partial charge >= 0.3 is 6.18 Å². The molecule has 0 aliphatic carbocycles. The molecule has 0 unspecified atom stereocenters. The van der Waals surface area contributed by atoms with Gasteiger partial charge in [-0.2, -0.15) is 13.2 Å². The topological polar surface area (TPSA) is 48.0 Å². The zero-order valence-corrected chi connectivity index (χ0v) is 15.8. The van der Waals surface area contributed by atoms with Crippen molar-refractivity contribution >= 4 is 34.3 Å². The maximum absolute atomic E-state index is 13.4. The molecular formula is C15H15ClF4N2OS2. The average Bonchev–Trinajstić information content (AvgIpc) is 2.96. The first-order valence-corrected chi connectivity index (χ1v) is 9.46. The Bertz CT molecular complexity index is 746. The maximum atomic E-state index is 13.4. The summed E-state index contributed by atoms with van der Waals surface area (Å²) < 4.78 is 66.4. The van der Waals surface area contributed by atoms with Gasteiger partial charge in [0.05, 0.1) is 10.7 Å². The molecule has 2 aromatic rings. The lowest BCUT2D eigenvalue weighted by atomic mass is 10.1. The fourth-order valence-electron chi connectivity index (χ4n) is 1.82. The summed E-state index contributed by atoms with van der Waals surface area (Å²) in [5, 5.41) is 0.0404. The predicted octanol–water partition coefficient (Wildman–Crippen LogP) is 5.10. The van der Waals surface area contributed by atoms with Gasteiger partial charge in [-0.25, -0.2) is 9.37 Å². The first kappa shape index (κ1) is 20.4. The third-order valence-electron chi connectivity index (χ3n) is 3.12. The lowest BCUT2D eigenvalue weighted by Crippen LogP contribution is -2.41. The molecule has 0 aliphatic heterocycles. The van der Waals surface area contributed by atoms with Crippen LogP contribution in [0.4, 0.5) is 17.6 Å². The molecule has 25 heavy (non-hydrogen) atoms. The van der Waals surface area contributed by atoms with Gasteiger partial charge in [-0.1, -0.05) is 17.7 Å². The van der Waals surface area contributed by atoms with E-state index in [4.69, 9.17) is 11.6 Å². The molecule has 2 atom stereocenters. The molecule has 1 aromatic carbocycles. The number of aromatic nitrogens is 1. The summed E-state index contributed by atoms with van der Waals surface area (Å²) in [6.45, 7) is 5.15. The van der Waals surface area contributed by atoms with Crippen molar-refractivity contribution < 1.29 is 22.1 Å². The van der Waals surface area contributed by atoms with Gasteiger partial charge in [-0.05, 0) is 38.5 Å². The Morgan fingerprint density at radius 1 is 1.28 bits per heavy atom. The normalized spacial score (nSPS) is 15.2. The van der Waals surface area contributed by atoms with E-state index in [0.29, 0.717) is 16.9 Å². The van der Waals surface area contributed by atoms with Crippen LogP contribution in [0.5, 0.6) is 0 Å². The van der Waals surface area contributed by atoms with Crippen LogP contribution in [0.25, 0.3) is 0 Å². The second-order valence-electron chi connectivity index (χ2n) is 6.18. The quantitative estimate of drug-likeness (QED) is 0.559. The molecule has 0 saturated carbocycles. The van der Waals surface area contributed by atoms with Crippen LogP contribution in [-0.4, -0.2) is 14.3 Å². The fourth-order valence-corrected chi connectivity index (χ4v) is 3.55. The van der Waals surface area contributed by atoms with Crippen LogP contribution in [-0.2, 0) is 17.5 Å². The zero-order valence-electron chi connectivity index (χ0n) is 13.4. The Hall–Kier alpha value is -0.870. The number of alkyl halides is 3. The summed E-state index contributed by atoms with van der Waals surface area (Å²) in [7, 11) is 0. The number of halogens is 5. The molecule has 1 N–H and O–H groups in total. The number of hydrogen-bond donors (Lipinski definition) is 1. The van der Waals surface area contributed by atoms with Gasteiger partial charge in [0.15, 0.2) is 5.01 Å². The molecule has 0 saturated heterocycles. The molecule has 0 aliphatic rings. The summed E-state index contributed by atoms with van der Waals surface area (Å²) in [5.41, 5.74) is 0.403. The van der Waals surface area contributed by atoms with Gasteiger partial charge in [-0.3, -0.25) is 0 Å². The van der Waals surface area contributed by atoms with Crippen molar-refractivity contribution in [2.75, 3.05) is 0 Å². The molecule has 3 nitrogen and oxygen atoms in total. The van der Waals surface area contributed by atoms with Gasteiger partial charge in [-0.15, -0.1) is 16.1 Å². The average molecular weight is 415 g/mol. The molecule has 0 amide bonds. The summed E-state index contributed by atoms with van der Waals surface area (Å²) >= 11 is 4.62. The van der Waals surface area contributed by atoms with Gasteiger partial charge in [0.2, 0.25) is 0 Å². The lowest BCUT2D eigenvalue weighted by Gasteiger charge is -2.27. The minimum Gasteiger partial charge on any atom is -0.598 e. The highest BCUT2D eigenvalue weighted by molar-refractivity contribution is 7.90. The van der Waals surface area contributed by atoms with Crippen LogP contribution < -0.4 is 4.72 Å². The zero-order chi connectivity index (χ0) is 19.0. The van der Waals surface area contributed by atoms with E-state index in [9.17, 15) is 22.1 Å². The summed E-state index contributed by atoms with van der Waals surface area (Å²) in [4.78, 5) is 3.61. The summed E-state index contributed by atoms with van der Waals surface area (Å²) in [6, 6.07) is 2.82. The van der Waals surface area contributed by atoms with E-state index in [0.717, 1.165) is 6.07 Å². The van der Waals surface area contributed by atoms with Gasteiger partial charge in [0.25, 0.3) is 0 Å². The largest absolute Gasteiger partial charge is 0.598 e. The fraction of sp³-hybridized carbons (Fsp3) is 0.400. The Morgan fingerprint density at radius 2 is 1.92 bits per heavy atom. The highest BCUT2D eigenvalue weighted by Crippen LogP contribution is 2.35.